The number of nitrogens with zero attached hydrogens (tertiary/aromatic N) is 4. The quantitative estimate of drug-likeness (QED) is 0.572. The number of hydrazone groups is 1. The highest BCUT2D eigenvalue weighted by atomic mass is 32.2. The highest BCUT2D eigenvalue weighted by molar-refractivity contribution is 8.04. The van der Waals surface area contributed by atoms with Gasteiger partial charge in [0.15, 0.2) is 0 Å². The van der Waals surface area contributed by atoms with Crippen molar-refractivity contribution < 1.29 is 9.90 Å². The molecule has 33 heavy (non-hydrogen) atoms. The summed E-state index contributed by atoms with van der Waals surface area (Å²) in [6, 6.07) is 16.6. The van der Waals surface area contributed by atoms with E-state index < -0.39 is 0 Å². The first-order valence-corrected chi connectivity index (χ1v) is 11.9. The fourth-order valence-electron chi connectivity index (χ4n) is 4.21. The predicted molar refractivity (Wildman–Crippen MR) is 130 cm³/mol. The average molecular weight is 457 g/mol. The molecule has 0 saturated carbocycles. The van der Waals surface area contributed by atoms with Gasteiger partial charge in [-0.3, -0.25) is 14.8 Å². The van der Waals surface area contributed by atoms with E-state index >= 15 is 0 Å². The number of aryl methyl sites for hydroxylation is 1. The molecule has 0 bridgehead atoms. The number of hydrogen-bond acceptors (Lipinski definition) is 6. The molecule has 1 N–H and O–H groups in total. The number of amides is 1. The molecule has 4 heterocycles. The second-order valence-electron chi connectivity index (χ2n) is 8.12. The second-order valence-corrected chi connectivity index (χ2v) is 9.46. The number of thioether (sulfide) groups is 1. The number of allylic oxidation sites excluding steroid dienone is 1. The van der Waals surface area contributed by atoms with E-state index in [0.717, 1.165) is 41.1 Å². The summed E-state index contributed by atoms with van der Waals surface area (Å²) in [6.45, 7) is 0. The van der Waals surface area contributed by atoms with E-state index in [2.05, 4.69) is 9.97 Å². The molecule has 6 nitrogen and oxygen atoms in total. The van der Waals surface area contributed by atoms with Crippen molar-refractivity contribution in [2.45, 2.75) is 37.0 Å². The summed E-state index contributed by atoms with van der Waals surface area (Å²) in [7, 11) is 0. The number of aromatic nitrogens is 2. The number of carbonyl (C=O) groups is 1. The molecule has 0 aliphatic carbocycles. The van der Waals surface area contributed by atoms with Gasteiger partial charge in [-0.05, 0) is 43.5 Å². The van der Waals surface area contributed by atoms with Gasteiger partial charge in [-0.15, -0.1) is 11.8 Å². The van der Waals surface area contributed by atoms with Gasteiger partial charge >= 0.3 is 0 Å². The summed E-state index contributed by atoms with van der Waals surface area (Å²) in [4.78, 5) is 22.9. The van der Waals surface area contributed by atoms with Gasteiger partial charge < -0.3 is 5.11 Å². The van der Waals surface area contributed by atoms with Gasteiger partial charge in [-0.1, -0.05) is 36.4 Å². The standard InChI is InChI=1S/C26H24N4O2S/c31-24-9-2-1-8-21(24)23-16-22(18-6-5-14-27-17-18)29-30(23)26(32)25-13-12-20(33-25)11-10-19-7-3-4-15-28-19/h1-9,13-15,17,20,23,31H,10-12,16H2. The number of pyridine rings is 2. The van der Waals surface area contributed by atoms with Crippen LogP contribution in [0.25, 0.3) is 0 Å². The van der Waals surface area contributed by atoms with Gasteiger partial charge in [0.25, 0.3) is 5.91 Å². The first-order valence-electron chi connectivity index (χ1n) is 11.0. The summed E-state index contributed by atoms with van der Waals surface area (Å²) >= 11 is 1.62. The molecule has 2 aromatic heterocycles. The number of phenolic OH excluding ortho intramolecular Hbond substituents is 1. The van der Waals surface area contributed by atoms with Gasteiger partial charge in [0.05, 0.1) is 16.7 Å². The van der Waals surface area contributed by atoms with Crippen LogP contribution < -0.4 is 0 Å². The van der Waals surface area contributed by atoms with Gasteiger partial charge in [0.2, 0.25) is 0 Å². The van der Waals surface area contributed by atoms with Gasteiger partial charge in [0.1, 0.15) is 5.75 Å². The number of rotatable bonds is 6. The molecule has 7 heteroatoms. The van der Waals surface area contributed by atoms with Gasteiger partial charge in [-0.2, -0.15) is 5.10 Å². The van der Waals surface area contributed by atoms with Crippen molar-refractivity contribution in [3.8, 4) is 5.75 Å². The zero-order chi connectivity index (χ0) is 22.6. The molecule has 3 aromatic rings. The number of carbonyl (C=O) groups excluding carboxylic acids is 1. The van der Waals surface area contributed by atoms with Crippen LogP contribution in [-0.4, -0.2) is 37.0 Å². The molecule has 0 spiro atoms. The molecule has 2 unspecified atom stereocenters. The summed E-state index contributed by atoms with van der Waals surface area (Å²) < 4.78 is 0. The van der Waals surface area contributed by atoms with Crippen molar-refractivity contribution in [1.29, 1.82) is 0 Å². The number of aromatic hydroxyl groups is 1. The number of phenols is 1. The minimum absolute atomic E-state index is 0.118. The molecule has 166 valence electrons. The maximum absolute atomic E-state index is 13.6. The summed E-state index contributed by atoms with van der Waals surface area (Å²) in [5.41, 5.74) is 3.45. The van der Waals surface area contributed by atoms with Crippen LogP contribution in [0.1, 0.15) is 42.1 Å². The maximum Gasteiger partial charge on any atom is 0.280 e. The summed E-state index contributed by atoms with van der Waals surface area (Å²) in [5, 5.41) is 17.1. The fraction of sp³-hybridized carbons (Fsp3) is 0.231. The van der Waals surface area contributed by atoms with Crippen molar-refractivity contribution >= 4 is 23.4 Å². The van der Waals surface area contributed by atoms with Crippen molar-refractivity contribution in [2.24, 2.45) is 5.10 Å². The Bertz CT molecular complexity index is 1200. The Hall–Kier alpha value is -3.45. The molecule has 2 atom stereocenters. The normalized spacial score (nSPS) is 19.9. The first-order chi connectivity index (χ1) is 16.2. The van der Waals surface area contributed by atoms with E-state index in [0.29, 0.717) is 17.2 Å². The number of benzene rings is 1. The molecule has 0 radical (unpaired) electrons. The Morgan fingerprint density at radius 2 is 1.97 bits per heavy atom. The Labute approximate surface area is 197 Å². The van der Waals surface area contributed by atoms with Crippen molar-refractivity contribution in [2.75, 3.05) is 0 Å². The van der Waals surface area contributed by atoms with E-state index in [-0.39, 0.29) is 17.7 Å². The lowest BCUT2D eigenvalue weighted by atomic mass is 9.98. The molecule has 2 aliphatic heterocycles. The zero-order valence-electron chi connectivity index (χ0n) is 18.0. The average Bonchev–Trinajstić information content (AvgIpc) is 3.52. The fourth-order valence-corrected chi connectivity index (χ4v) is 5.39. The van der Waals surface area contributed by atoms with E-state index in [1.807, 2.05) is 54.7 Å². The molecular weight excluding hydrogens is 432 g/mol. The van der Waals surface area contributed by atoms with Crippen LogP contribution in [-0.2, 0) is 11.2 Å². The summed E-state index contributed by atoms with van der Waals surface area (Å²) in [5.74, 6) is 0.0525. The number of hydrogen-bond donors (Lipinski definition) is 1. The lowest BCUT2D eigenvalue weighted by Crippen LogP contribution is -2.27. The van der Waals surface area contributed by atoms with Crippen LogP contribution in [0.4, 0.5) is 0 Å². The predicted octanol–water partition coefficient (Wildman–Crippen LogP) is 4.88. The SMILES string of the molecule is O=C(C1=CCC(CCc2ccccn2)S1)N1N=C(c2cccnc2)CC1c1ccccc1O. The maximum atomic E-state index is 13.6. The van der Waals surface area contributed by atoms with E-state index in [1.54, 1.807) is 36.3 Å². The third kappa shape index (κ3) is 4.68. The lowest BCUT2D eigenvalue weighted by molar-refractivity contribution is -0.128. The van der Waals surface area contributed by atoms with Crippen LogP contribution in [0.5, 0.6) is 5.75 Å². The van der Waals surface area contributed by atoms with Crippen molar-refractivity contribution in [3.63, 3.8) is 0 Å². The van der Waals surface area contributed by atoms with Crippen LogP contribution >= 0.6 is 11.8 Å². The summed E-state index contributed by atoms with van der Waals surface area (Å²) in [6.07, 6.45) is 10.5. The lowest BCUT2D eigenvalue weighted by Gasteiger charge is -2.23. The molecule has 2 aliphatic rings. The Morgan fingerprint density at radius 3 is 2.76 bits per heavy atom. The Morgan fingerprint density at radius 1 is 1.09 bits per heavy atom. The van der Waals surface area contributed by atoms with E-state index in [4.69, 9.17) is 5.10 Å². The number of para-hydroxylation sites is 1. The van der Waals surface area contributed by atoms with Crippen molar-refractivity contribution in [1.82, 2.24) is 15.0 Å². The van der Waals surface area contributed by atoms with E-state index in [9.17, 15) is 9.90 Å². The third-order valence-corrected chi connectivity index (χ3v) is 7.28. The van der Waals surface area contributed by atoms with Gasteiger partial charge in [0, 0.05) is 47.1 Å². The molecule has 1 amide bonds. The van der Waals surface area contributed by atoms with Crippen LogP contribution in [0, 0.1) is 0 Å². The minimum atomic E-state index is -0.358. The Kier molecular flexibility index (Phi) is 6.21. The van der Waals surface area contributed by atoms with Gasteiger partial charge in [-0.25, -0.2) is 5.01 Å². The molecular formula is C26H24N4O2S. The monoisotopic (exact) mass is 456 g/mol. The molecule has 5 rings (SSSR count). The highest BCUT2D eigenvalue weighted by Crippen LogP contribution is 2.41. The van der Waals surface area contributed by atoms with Crippen LogP contribution in [0.15, 0.2) is 89.3 Å². The highest BCUT2D eigenvalue weighted by Gasteiger charge is 2.37. The second kappa shape index (κ2) is 9.58. The first kappa shape index (κ1) is 21.4. The molecule has 1 aromatic carbocycles. The van der Waals surface area contributed by atoms with Crippen LogP contribution in [0.2, 0.25) is 0 Å². The molecule has 0 fully saturated rings. The van der Waals surface area contributed by atoms with E-state index in [1.165, 1.54) is 5.01 Å². The van der Waals surface area contributed by atoms with Crippen LogP contribution in [0.3, 0.4) is 0 Å². The third-order valence-electron chi connectivity index (χ3n) is 5.93. The van der Waals surface area contributed by atoms with Crippen molar-refractivity contribution in [3.05, 3.63) is 101 Å². The zero-order valence-corrected chi connectivity index (χ0v) is 18.9. The topological polar surface area (TPSA) is 78.7 Å². The largest absolute Gasteiger partial charge is 0.508 e. The minimum Gasteiger partial charge on any atom is -0.508 e. The molecule has 0 saturated heterocycles. The Balaban J connectivity index is 1.34. The smallest absolute Gasteiger partial charge is 0.280 e.